The Morgan fingerprint density at radius 2 is 1.53 bits per heavy atom. The molecule has 2 N–H and O–H groups in total. The summed E-state index contributed by atoms with van der Waals surface area (Å²) in [5.41, 5.74) is 5.01. The van der Waals surface area contributed by atoms with Gasteiger partial charge in [0.2, 0.25) is 0 Å². The lowest BCUT2D eigenvalue weighted by Gasteiger charge is -2.15. The van der Waals surface area contributed by atoms with Crippen LogP contribution in [0.2, 0.25) is 5.02 Å². The molecule has 0 saturated carbocycles. The summed E-state index contributed by atoms with van der Waals surface area (Å²) >= 11 is 6.21. The van der Waals surface area contributed by atoms with E-state index in [0.717, 1.165) is 22.3 Å². The van der Waals surface area contributed by atoms with Crippen LogP contribution in [-0.4, -0.2) is 22.3 Å². The number of carboxylic acids is 1. The van der Waals surface area contributed by atoms with Gasteiger partial charge in [0.25, 0.3) is 0 Å². The molecule has 0 spiro atoms. The van der Waals surface area contributed by atoms with Crippen LogP contribution in [-0.2, 0) is 9.53 Å². The number of aliphatic carboxylic acids is 1. The van der Waals surface area contributed by atoms with Gasteiger partial charge in [-0.15, -0.1) is 0 Å². The quantitative estimate of drug-likeness (QED) is 0.270. The number of carbonyl (C=O) groups excluding carboxylic acids is 1. The molecule has 8 heteroatoms. The zero-order valence-corrected chi connectivity index (χ0v) is 20.7. The number of halogens is 1. The molecule has 4 rings (SSSR count). The maximum Gasteiger partial charge on any atom is 0.412 e. The highest BCUT2D eigenvalue weighted by molar-refractivity contribution is 6.31. The molecule has 1 heterocycles. The highest BCUT2D eigenvalue weighted by atomic mass is 35.5. The molecule has 3 aromatic carbocycles. The van der Waals surface area contributed by atoms with Crippen LogP contribution in [0, 0.1) is 6.92 Å². The number of rotatable bonds is 7. The molecule has 4 aromatic rings. The number of amides is 1. The van der Waals surface area contributed by atoms with Gasteiger partial charge in [-0.2, -0.15) is 0 Å². The van der Waals surface area contributed by atoms with Crippen molar-refractivity contribution in [2.24, 2.45) is 0 Å². The number of aromatic nitrogens is 1. The molecule has 36 heavy (non-hydrogen) atoms. The second kappa shape index (κ2) is 10.7. The molecule has 0 fully saturated rings. The van der Waals surface area contributed by atoms with Crippen molar-refractivity contribution in [2.45, 2.75) is 32.8 Å². The minimum atomic E-state index is -0.860. The Morgan fingerprint density at radius 1 is 0.944 bits per heavy atom. The minimum Gasteiger partial charge on any atom is -0.481 e. The predicted molar refractivity (Wildman–Crippen MR) is 138 cm³/mol. The number of hydrogen-bond acceptors (Lipinski definition) is 5. The first-order valence-electron chi connectivity index (χ1n) is 11.4. The van der Waals surface area contributed by atoms with E-state index in [0.29, 0.717) is 27.7 Å². The summed E-state index contributed by atoms with van der Waals surface area (Å²) in [4.78, 5) is 23.8. The molecule has 0 aliphatic rings. The van der Waals surface area contributed by atoms with Gasteiger partial charge in [-0.1, -0.05) is 83.5 Å². The van der Waals surface area contributed by atoms with Gasteiger partial charge in [0, 0.05) is 16.1 Å². The number of carboxylic acid groups (broad SMARTS) is 1. The molecule has 184 valence electrons. The van der Waals surface area contributed by atoms with E-state index in [1.165, 1.54) is 0 Å². The monoisotopic (exact) mass is 504 g/mol. The normalized spacial score (nSPS) is 12.6. The SMILES string of the molecule is Cc1onc(-c2ccc(-c3ccc(C(C)C(=O)O)cc3)cc2)c1NC(=O)O[C@H](C)c1ccccc1Cl. The van der Waals surface area contributed by atoms with Crippen molar-refractivity contribution in [3.63, 3.8) is 0 Å². The lowest BCUT2D eigenvalue weighted by molar-refractivity contribution is -0.138. The van der Waals surface area contributed by atoms with Crippen LogP contribution in [0.25, 0.3) is 22.4 Å². The molecular weight excluding hydrogens is 480 g/mol. The van der Waals surface area contributed by atoms with Crippen molar-refractivity contribution in [2.75, 3.05) is 5.32 Å². The highest BCUT2D eigenvalue weighted by Gasteiger charge is 2.20. The van der Waals surface area contributed by atoms with Gasteiger partial charge < -0.3 is 14.4 Å². The van der Waals surface area contributed by atoms with E-state index in [1.54, 1.807) is 32.9 Å². The van der Waals surface area contributed by atoms with E-state index in [2.05, 4.69) is 10.5 Å². The smallest absolute Gasteiger partial charge is 0.412 e. The van der Waals surface area contributed by atoms with E-state index >= 15 is 0 Å². The third kappa shape index (κ3) is 5.42. The number of ether oxygens (including phenoxy) is 1. The lowest BCUT2D eigenvalue weighted by Crippen LogP contribution is -2.17. The third-order valence-electron chi connectivity index (χ3n) is 5.99. The third-order valence-corrected chi connectivity index (χ3v) is 6.33. The average Bonchev–Trinajstić information content (AvgIpc) is 3.23. The summed E-state index contributed by atoms with van der Waals surface area (Å²) in [5.74, 6) is -0.983. The van der Waals surface area contributed by atoms with E-state index < -0.39 is 24.1 Å². The molecule has 0 bridgehead atoms. The summed E-state index contributed by atoms with van der Waals surface area (Å²) in [5, 5.41) is 16.6. The fraction of sp³-hybridized carbons (Fsp3) is 0.179. The molecule has 0 saturated heterocycles. The zero-order valence-electron chi connectivity index (χ0n) is 20.0. The van der Waals surface area contributed by atoms with Gasteiger partial charge in [0.15, 0.2) is 5.76 Å². The summed E-state index contributed by atoms with van der Waals surface area (Å²) in [6.45, 7) is 5.11. The fourth-order valence-corrected chi connectivity index (χ4v) is 4.09. The summed E-state index contributed by atoms with van der Waals surface area (Å²) in [7, 11) is 0. The van der Waals surface area contributed by atoms with E-state index in [1.807, 2.05) is 60.7 Å². The van der Waals surface area contributed by atoms with Gasteiger partial charge in [0.1, 0.15) is 17.5 Å². The molecular formula is C28H25ClN2O5. The second-order valence-corrected chi connectivity index (χ2v) is 8.82. The first-order chi connectivity index (χ1) is 17.2. The largest absolute Gasteiger partial charge is 0.481 e. The first kappa shape index (κ1) is 25.0. The van der Waals surface area contributed by atoms with Crippen molar-refractivity contribution in [3.8, 4) is 22.4 Å². The Hall–Kier alpha value is -4.10. The Morgan fingerprint density at radius 3 is 2.14 bits per heavy atom. The average molecular weight is 505 g/mol. The lowest BCUT2D eigenvalue weighted by atomic mass is 9.97. The van der Waals surface area contributed by atoms with Gasteiger partial charge in [0.05, 0.1) is 5.92 Å². The Bertz CT molecular complexity index is 1380. The second-order valence-electron chi connectivity index (χ2n) is 8.42. The molecule has 1 amide bonds. The van der Waals surface area contributed by atoms with Crippen LogP contribution in [0.15, 0.2) is 77.3 Å². The number of nitrogens with one attached hydrogen (secondary N) is 1. The summed E-state index contributed by atoms with van der Waals surface area (Å²) < 4.78 is 10.9. The van der Waals surface area contributed by atoms with Crippen LogP contribution in [0.4, 0.5) is 10.5 Å². The maximum absolute atomic E-state index is 12.6. The summed E-state index contributed by atoms with van der Waals surface area (Å²) in [6.07, 6.45) is -1.20. The van der Waals surface area contributed by atoms with Crippen molar-refractivity contribution < 1.29 is 24.0 Å². The summed E-state index contributed by atoms with van der Waals surface area (Å²) in [6, 6.07) is 22.2. The number of anilines is 1. The first-order valence-corrected chi connectivity index (χ1v) is 11.7. The van der Waals surface area contributed by atoms with Crippen molar-refractivity contribution in [1.29, 1.82) is 0 Å². The van der Waals surface area contributed by atoms with Crippen LogP contribution in [0.1, 0.15) is 42.8 Å². The topological polar surface area (TPSA) is 102 Å². The number of nitrogens with zero attached hydrogens (tertiary/aromatic N) is 1. The van der Waals surface area contributed by atoms with Crippen molar-refractivity contribution in [1.82, 2.24) is 5.16 Å². The number of aryl methyl sites for hydroxylation is 1. The molecule has 0 radical (unpaired) electrons. The van der Waals surface area contributed by atoms with Crippen LogP contribution in [0.5, 0.6) is 0 Å². The number of benzene rings is 3. The van der Waals surface area contributed by atoms with Gasteiger partial charge >= 0.3 is 12.1 Å². The van der Waals surface area contributed by atoms with Gasteiger partial charge in [-0.05, 0) is 43.5 Å². The molecule has 0 aliphatic heterocycles. The van der Waals surface area contributed by atoms with Crippen LogP contribution >= 0.6 is 11.6 Å². The Balaban J connectivity index is 1.49. The minimum absolute atomic E-state index is 0.422. The zero-order chi connectivity index (χ0) is 25.8. The molecule has 1 unspecified atom stereocenters. The van der Waals surface area contributed by atoms with E-state index in [9.17, 15) is 14.7 Å². The molecule has 2 atom stereocenters. The molecule has 0 aliphatic carbocycles. The fourth-order valence-electron chi connectivity index (χ4n) is 3.80. The van der Waals surface area contributed by atoms with Crippen LogP contribution in [0.3, 0.4) is 0 Å². The number of carbonyl (C=O) groups is 2. The van der Waals surface area contributed by atoms with E-state index in [4.69, 9.17) is 20.9 Å². The van der Waals surface area contributed by atoms with Gasteiger partial charge in [-0.3, -0.25) is 10.1 Å². The standard InChI is InChI=1S/C28H25ClN2O5/c1-16(27(32)33)19-8-10-20(11-9-19)21-12-14-22(15-13-21)26-25(18(3)36-31-26)30-28(34)35-17(2)23-6-4-5-7-24(23)29/h4-17H,1-3H3,(H,30,34)(H,32,33)/t16?,17-/m1/s1. The number of hydrogen-bond donors (Lipinski definition) is 2. The van der Waals surface area contributed by atoms with Crippen molar-refractivity contribution >= 4 is 29.4 Å². The maximum atomic E-state index is 12.6. The highest BCUT2D eigenvalue weighted by Crippen LogP contribution is 2.33. The Kier molecular flexibility index (Phi) is 7.41. The Labute approximate surface area is 213 Å². The molecule has 1 aromatic heterocycles. The predicted octanol–water partition coefficient (Wildman–Crippen LogP) is 7.47. The van der Waals surface area contributed by atoms with Crippen LogP contribution < -0.4 is 5.32 Å². The van der Waals surface area contributed by atoms with Crippen molar-refractivity contribution in [3.05, 3.63) is 94.7 Å². The molecule has 7 nitrogen and oxygen atoms in total. The van der Waals surface area contributed by atoms with Gasteiger partial charge in [-0.25, -0.2) is 4.79 Å². The van der Waals surface area contributed by atoms with E-state index in [-0.39, 0.29) is 0 Å².